The van der Waals surface area contributed by atoms with Crippen molar-refractivity contribution in [3.63, 3.8) is 0 Å². The lowest BCUT2D eigenvalue weighted by Crippen LogP contribution is -2.51. The molecule has 0 spiro atoms. The molecule has 0 saturated heterocycles. The van der Waals surface area contributed by atoms with Crippen LogP contribution < -0.4 is 14.8 Å². The first-order valence-electron chi connectivity index (χ1n) is 11.9. The number of benzene rings is 2. The molecule has 0 aromatic heterocycles. The monoisotopic (exact) mass is 483 g/mol. The first-order valence-corrected chi connectivity index (χ1v) is 11.9. The molecule has 1 fully saturated rings. The molecule has 188 valence electrons. The predicted octanol–water partition coefficient (Wildman–Crippen LogP) is 4.16. The highest BCUT2D eigenvalue weighted by Crippen LogP contribution is 2.30. The molecule has 3 rings (SSSR count). The van der Waals surface area contributed by atoms with Crippen LogP contribution in [-0.2, 0) is 16.1 Å². The van der Waals surface area contributed by atoms with Crippen molar-refractivity contribution in [3.05, 3.63) is 63.7 Å². The molecule has 2 aromatic rings. The minimum absolute atomic E-state index is 0.0387. The van der Waals surface area contributed by atoms with Crippen molar-refractivity contribution in [3.8, 4) is 11.5 Å². The van der Waals surface area contributed by atoms with Crippen molar-refractivity contribution in [1.29, 1.82) is 0 Å². The van der Waals surface area contributed by atoms with Crippen LogP contribution in [0.4, 0.5) is 5.69 Å². The van der Waals surface area contributed by atoms with Gasteiger partial charge in [0.2, 0.25) is 11.7 Å². The van der Waals surface area contributed by atoms with E-state index in [0.29, 0.717) is 0 Å². The quantitative estimate of drug-likeness (QED) is 0.401. The number of methoxy groups -OCH3 is 1. The Morgan fingerprint density at radius 3 is 2.57 bits per heavy atom. The molecule has 35 heavy (non-hydrogen) atoms. The van der Waals surface area contributed by atoms with Gasteiger partial charge in [0.25, 0.3) is 5.91 Å². The summed E-state index contributed by atoms with van der Waals surface area (Å²) in [4.78, 5) is 38.4. The number of nitro groups is 1. The van der Waals surface area contributed by atoms with Crippen LogP contribution in [0.25, 0.3) is 0 Å². The lowest BCUT2D eigenvalue weighted by Gasteiger charge is -2.31. The number of nitrogens with zero attached hydrogens (tertiary/aromatic N) is 2. The molecule has 0 aliphatic heterocycles. The van der Waals surface area contributed by atoms with Crippen molar-refractivity contribution < 1.29 is 24.0 Å². The van der Waals surface area contributed by atoms with Crippen LogP contribution in [0.1, 0.15) is 50.2 Å². The molecular weight excluding hydrogens is 450 g/mol. The number of rotatable bonds is 10. The number of nitrogens with one attached hydrogen (secondary N) is 1. The van der Waals surface area contributed by atoms with Gasteiger partial charge in [0.05, 0.1) is 12.0 Å². The molecule has 9 nitrogen and oxygen atoms in total. The van der Waals surface area contributed by atoms with Crippen LogP contribution in [0.15, 0.2) is 42.5 Å². The van der Waals surface area contributed by atoms with Crippen LogP contribution in [-0.4, -0.2) is 47.4 Å². The molecule has 9 heteroatoms. The molecule has 0 heterocycles. The number of ether oxygens (including phenoxy) is 2. The SMILES string of the molecule is COc1cc(OCC(=O)N(Cc2cccc(C)c2)C(C)C(=O)NC2CCCCC2)ccc1[N+](=O)[O-]. The number of carbonyl (C=O) groups excluding carboxylic acids is 2. The van der Waals surface area contributed by atoms with Crippen molar-refractivity contribution in [2.24, 2.45) is 0 Å². The van der Waals surface area contributed by atoms with Gasteiger partial charge in [-0.15, -0.1) is 0 Å². The maximum atomic E-state index is 13.3. The van der Waals surface area contributed by atoms with E-state index in [9.17, 15) is 19.7 Å². The van der Waals surface area contributed by atoms with Gasteiger partial charge >= 0.3 is 5.69 Å². The molecule has 0 bridgehead atoms. The summed E-state index contributed by atoms with van der Waals surface area (Å²) in [6.45, 7) is 3.63. The molecule has 1 unspecified atom stereocenters. The van der Waals surface area contributed by atoms with Gasteiger partial charge in [-0.3, -0.25) is 19.7 Å². The second-order valence-corrected chi connectivity index (χ2v) is 8.91. The van der Waals surface area contributed by atoms with Gasteiger partial charge in [-0.25, -0.2) is 0 Å². The van der Waals surface area contributed by atoms with Gasteiger partial charge < -0.3 is 19.7 Å². The predicted molar refractivity (Wildman–Crippen MR) is 131 cm³/mol. The van der Waals surface area contributed by atoms with Gasteiger partial charge in [-0.2, -0.15) is 0 Å². The molecular formula is C26H33N3O6. The Kier molecular flexibility index (Phi) is 9.05. The molecule has 0 radical (unpaired) electrons. The zero-order valence-electron chi connectivity index (χ0n) is 20.5. The lowest BCUT2D eigenvalue weighted by molar-refractivity contribution is -0.385. The first kappa shape index (κ1) is 26.0. The van der Waals surface area contributed by atoms with E-state index in [1.165, 1.54) is 36.6 Å². The van der Waals surface area contributed by atoms with Gasteiger partial charge in [0.15, 0.2) is 6.61 Å². The first-order chi connectivity index (χ1) is 16.8. The number of amides is 2. The van der Waals surface area contributed by atoms with Gasteiger partial charge in [0.1, 0.15) is 11.8 Å². The van der Waals surface area contributed by atoms with Crippen LogP contribution in [0.3, 0.4) is 0 Å². The third-order valence-electron chi connectivity index (χ3n) is 6.26. The molecule has 2 amide bonds. The third-order valence-corrected chi connectivity index (χ3v) is 6.26. The van der Waals surface area contributed by atoms with E-state index in [1.807, 2.05) is 31.2 Å². The molecule has 1 aliphatic rings. The van der Waals surface area contributed by atoms with Crippen LogP contribution in [0.5, 0.6) is 11.5 Å². The van der Waals surface area contributed by atoms with E-state index in [0.717, 1.165) is 36.8 Å². The van der Waals surface area contributed by atoms with Crippen LogP contribution >= 0.6 is 0 Å². The van der Waals surface area contributed by atoms with E-state index < -0.39 is 11.0 Å². The number of hydrogen-bond donors (Lipinski definition) is 1. The third kappa shape index (κ3) is 7.18. The van der Waals surface area contributed by atoms with Crippen molar-refractivity contribution in [2.75, 3.05) is 13.7 Å². The Hall–Kier alpha value is -3.62. The summed E-state index contributed by atoms with van der Waals surface area (Å²) < 4.78 is 10.7. The number of nitro benzene ring substituents is 1. The summed E-state index contributed by atoms with van der Waals surface area (Å²) in [5.74, 6) is -0.252. The van der Waals surface area contributed by atoms with Crippen molar-refractivity contribution in [1.82, 2.24) is 10.2 Å². The topological polar surface area (TPSA) is 111 Å². The zero-order chi connectivity index (χ0) is 25.4. The molecule has 1 aliphatic carbocycles. The fourth-order valence-corrected chi connectivity index (χ4v) is 4.29. The Labute approximate surface area is 205 Å². The van der Waals surface area contributed by atoms with Gasteiger partial charge in [-0.05, 0) is 38.3 Å². The number of aryl methyl sites for hydroxylation is 1. The second-order valence-electron chi connectivity index (χ2n) is 8.91. The zero-order valence-corrected chi connectivity index (χ0v) is 20.5. The molecule has 1 N–H and O–H groups in total. The van der Waals surface area contributed by atoms with Gasteiger partial charge in [-0.1, -0.05) is 49.1 Å². The fourth-order valence-electron chi connectivity index (χ4n) is 4.29. The molecule has 2 aromatic carbocycles. The summed E-state index contributed by atoms with van der Waals surface area (Å²) in [5, 5.41) is 14.2. The highest BCUT2D eigenvalue weighted by Gasteiger charge is 2.28. The van der Waals surface area contributed by atoms with Crippen molar-refractivity contribution in [2.45, 2.75) is 64.6 Å². The largest absolute Gasteiger partial charge is 0.490 e. The van der Waals surface area contributed by atoms with E-state index in [4.69, 9.17) is 9.47 Å². The molecule has 1 saturated carbocycles. The number of carbonyl (C=O) groups is 2. The minimum atomic E-state index is -0.695. The van der Waals surface area contributed by atoms with Crippen LogP contribution in [0.2, 0.25) is 0 Å². The summed E-state index contributed by atoms with van der Waals surface area (Å²) in [5.41, 5.74) is 1.77. The highest BCUT2D eigenvalue weighted by atomic mass is 16.6. The standard InChI is InChI=1S/C26H33N3O6/c1-18-8-7-9-20(14-18)16-28(19(2)26(31)27-21-10-5-4-6-11-21)25(30)17-35-22-12-13-23(29(32)33)24(15-22)34-3/h7-9,12-15,19,21H,4-6,10-11,16-17H2,1-3H3,(H,27,31). The second kappa shape index (κ2) is 12.2. The van der Waals surface area contributed by atoms with E-state index in [2.05, 4.69) is 5.32 Å². The number of hydrogen-bond acceptors (Lipinski definition) is 6. The average Bonchev–Trinajstić information content (AvgIpc) is 2.85. The summed E-state index contributed by atoms with van der Waals surface area (Å²) >= 11 is 0. The van der Waals surface area contributed by atoms with E-state index >= 15 is 0 Å². The normalized spacial score (nSPS) is 14.6. The maximum Gasteiger partial charge on any atom is 0.311 e. The maximum absolute atomic E-state index is 13.3. The van der Waals surface area contributed by atoms with E-state index in [1.54, 1.807) is 6.92 Å². The van der Waals surface area contributed by atoms with Crippen LogP contribution in [0, 0.1) is 17.0 Å². The summed E-state index contributed by atoms with van der Waals surface area (Å²) in [6, 6.07) is 11.3. The van der Waals surface area contributed by atoms with Gasteiger partial charge in [0, 0.05) is 24.7 Å². The fraction of sp³-hybridized carbons (Fsp3) is 0.462. The highest BCUT2D eigenvalue weighted by molar-refractivity contribution is 5.88. The van der Waals surface area contributed by atoms with Crippen molar-refractivity contribution >= 4 is 17.5 Å². The smallest absolute Gasteiger partial charge is 0.311 e. The van der Waals surface area contributed by atoms with E-state index in [-0.39, 0.29) is 48.2 Å². The summed E-state index contributed by atoms with van der Waals surface area (Å²) in [6.07, 6.45) is 5.28. The summed E-state index contributed by atoms with van der Waals surface area (Å²) in [7, 11) is 1.33. The average molecular weight is 484 g/mol. The lowest BCUT2D eigenvalue weighted by atomic mass is 9.95. The minimum Gasteiger partial charge on any atom is -0.490 e. The Balaban J connectivity index is 1.73. The Morgan fingerprint density at radius 2 is 1.91 bits per heavy atom. The molecule has 1 atom stereocenters. The Morgan fingerprint density at radius 1 is 1.17 bits per heavy atom. The Bertz CT molecular complexity index is 1050.